The van der Waals surface area contributed by atoms with Crippen molar-refractivity contribution in [2.24, 2.45) is 0 Å². The van der Waals surface area contributed by atoms with Crippen LogP contribution in [0.1, 0.15) is 19.1 Å². The third-order valence-corrected chi connectivity index (χ3v) is 3.72. The fourth-order valence-electron chi connectivity index (χ4n) is 2.48. The molecule has 8 nitrogen and oxygen atoms in total. The molecule has 2 amide bonds. The zero-order valence-corrected chi connectivity index (χ0v) is 14.9. The highest BCUT2D eigenvalue weighted by Gasteiger charge is 2.39. The van der Waals surface area contributed by atoms with Crippen LogP contribution in [-0.4, -0.2) is 41.6 Å². The van der Waals surface area contributed by atoms with Crippen molar-refractivity contribution < 1.29 is 28.6 Å². The smallest absolute Gasteiger partial charge is 0.300 e. The number of hydrogen-bond acceptors (Lipinski definition) is 5. The number of amides is 2. The van der Waals surface area contributed by atoms with Crippen molar-refractivity contribution in [3.8, 4) is 5.75 Å². The molecule has 1 aliphatic rings. The number of nitrogens with one attached hydrogen (secondary N) is 2. The van der Waals surface area contributed by atoms with Gasteiger partial charge in [0.25, 0.3) is 11.9 Å². The average molecular weight is 374 g/mol. The van der Waals surface area contributed by atoms with Crippen molar-refractivity contribution in [2.45, 2.75) is 31.8 Å². The van der Waals surface area contributed by atoms with Crippen molar-refractivity contribution in [1.29, 1.82) is 0 Å². The zero-order valence-electron chi connectivity index (χ0n) is 14.9. The van der Waals surface area contributed by atoms with E-state index in [0.717, 1.165) is 12.7 Å². The standard InChI is InChI=1S/C17H18N2O4.C2H4O2/c20-15(11-23-12-5-2-1-3-6-12)19-16-14(18-17(16)21)9-8-13-7-4-10-22-13;1-2(3)4/h1-7,10,14,16H,8-9,11H2,(H,18,21)(H,19,20);1H3,(H,3,4)/t14-,16+;/m1./s1. The number of ether oxygens (including phenoxy) is 1. The van der Waals surface area contributed by atoms with E-state index in [1.807, 2.05) is 30.3 Å². The van der Waals surface area contributed by atoms with Gasteiger partial charge in [-0.15, -0.1) is 0 Å². The molecule has 2 atom stereocenters. The lowest BCUT2D eigenvalue weighted by atomic mass is 9.94. The Morgan fingerprint density at radius 3 is 2.52 bits per heavy atom. The second-order valence-electron chi connectivity index (χ2n) is 5.90. The molecule has 2 aromatic rings. The van der Waals surface area contributed by atoms with Gasteiger partial charge in [0.1, 0.15) is 17.6 Å². The van der Waals surface area contributed by atoms with Crippen molar-refractivity contribution in [3.63, 3.8) is 0 Å². The predicted octanol–water partition coefficient (Wildman–Crippen LogP) is 1.37. The third kappa shape index (κ3) is 6.85. The summed E-state index contributed by atoms with van der Waals surface area (Å²) in [5.41, 5.74) is 0. The number of carboxylic acid groups (broad SMARTS) is 1. The predicted molar refractivity (Wildman–Crippen MR) is 96.1 cm³/mol. The molecule has 1 aromatic carbocycles. The molecule has 0 spiro atoms. The molecule has 0 aliphatic carbocycles. The Bertz CT molecular complexity index is 741. The maximum atomic E-state index is 11.9. The molecule has 0 saturated carbocycles. The van der Waals surface area contributed by atoms with Crippen LogP contribution in [0.4, 0.5) is 0 Å². The number of β-lactam (4-membered cyclic amide) rings is 1. The van der Waals surface area contributed by atoms with E-state index < -0.39 is 12.0 Å². The summed E-state index contributed by atoms with van der Waals surface area (Å²) in [4.78, 5) is 32.5. The Morgan fingerprint density at radius 1 is 1.22 bits per heavy atom. The second-order valence-corrected chi connectivity index (χ2v) is 5.90. The number of para-hydroxylation sites is 1. The van der Waals surface area contributed by atoms with Gasteiger partial charge < -0.3 is 24.9 Å². The van der Waals surface area contributed by atoms with Crippen LogP contribution >= 0.6 is 0 Å². The first-order valence-electron chi connectivity index (χ1n) is 8.45. The van der Waals surface area contributed by atoms with Gasteiger partial charge >= 0.3 is 0 Å². The van der Waals surface area contributed by atoms with Gasteiger partial charge in [-0.3, -0.25) is 14.4 Å². The van der Waals surface area contributed by atoms with E-state index in [-0.39, 0.29) is 24.5 Å². The summed E-state index contributed by atoms with van der Waals surface area (Å²) in [7, 11) is 0. The number of aliphatic carboxylic acids is 1. The van der Waals surface area contributed by atoms with Crippen LogP contribution in [0.3, 0.4) is 0 Å². The molecule has 144 valence electrons. The minimum atomic E-state index is -0.833. The van der Waals surface area contributed by atoms with Crippen LogP contribution in [0, 0.1) is 0 Å². The first-order valence-corrected chi connectivity index (χ1v) is 8.45. The van der Waals surface area contributed by atoms with E-state index in [1.54, 1.807) is 18.4 Å². The van der Waals surface area contributed by atoms with Crippen molar-refractivity contribution >= 4 is 17.8 Å². The Labute approximate surface area is 156 Å². The van der Waals surface area contributed by atoms with E-state index in [0.29, 0.717) is 18.6 Å². The third-order valence-electron chi connectivity index (χ3n) is 3.72. The minimum Gasteiger partial charge on any atom is -0.484 e. The topological polar surface area (TPSA) is 118 Å². The van der Waals surface area contributed by atoms with Crippen LogP contribution in [0.2, 0.25) is 0 Å². The summed E-state index contributed by atoms with van der Waals surface area (Å²) in [5, 5.41) is 12.9. The van der Waals surface area contributed by atoms with Crippen molar-refractivity contribution in [1.82, 2.24) is 10.6 Å². The van der Waals surface area contributed by atoms with Gasteiger partial charge in [0.2, 0.25) is 5.91 Å². The summed E-state index contributed by atoms with van der Waals surface area (Å²) in [6.45, 7) is 0.971. The lowest BCUT2D eigenvalue weighted by molar-refractivity contribution is -0.137. The molecule has 27 heavy (non-hydrogen) atoms. The molecular weight excluding hydrogens is 352 g/mol. The molecule has 0 unspecified atom stereocenters. The molecule has 2 heterocycles. The highest BCUT2D eigenvalue weighted by atomic mass is 16.5. The first kappa shape index (κ1) is 20.0. The SMILES string of the molecule is CC(=O)O.O=C(COc1ccccc1)N[C@@H]1C(=O)N[C@@H]1CCc1ccco1. The lowest BCUT2D eigenvalue weighted by Gasteiger charge is -2.37. The fourth-order valence-corrected chi connectivity index (χ4v) is 2.48. The number of carbonyl (C=O) groups excluding carboxylic acids is 2. The number of carbonyl (C=O) groups is 3. The van der Waals surface area contributed by atoms with Crippen LogP contribution < -0.4 is 15.4 Å². The number of rotatable bonds is 7. The Morgan fingerprint density at radius 2 is 1.93 bits per heavy atom. The maximum Gasteiger partial charge on any atom is 0.300 e. The Kier molecular flexibility index (Phi) is 7.42. The minimum absolute atomic E-state index is 0.0757. The van der Waals surface area contributed by atoms with E-state index in [9.17, 15) is 9.59 Å². The van der Waals surface area contributed by atoms with Crippen molar-refractivity contribution in [2.75, 3.05) is 6.61 Å². The number of hydrogen-bond donors (Lipinski definition) is 3. The fraction of sp³-hybridized carbons (Fsp3) is 0.316. The van der Waals surface area contributed by atoms with Gasteiger partial charge in [-0.2, -0.15) is 0 Å². The van der Waals surface area contributed by atoms with Crippen LogP contribution in [0.15, 0.2) is 53.1 Å². The van der Waals surface area contributed by atoms with Gasteiger partial charge in [0.15, 0.2) is 6.61 Å². The molecule has 3 N–H and O–H groups in total. The Balaban J connectivity index is 0.000000596. The van der Waals surface area contributed by atoms with E-state index >= 15 is 0 Å². The quantitative estimate of drug-likeness (QED) is 0.630. The van der Waals surface area contributed by atoms with E-state index in [4.69, 9.17) is 19.1 Å². The highest BCUT2D eigenvalue weighted by molar-refractivity contribution is 5.93. The molecule has 1 saturated heterocycles. The molecule has 0 radical (unpaired) electrons. The van der Waals surface area contributed by atoms with Crippen molar-refractivity contribution in [3.05, 3.63) is 54.5 Å². The maximum absolute atomic E-state index is 11.9. The number of aryl methyl sites for hydroxylation is 1. The summed E-state index contributed by atoms with van der Waals surface area (Å²) in [5.74, 6) is 0.179. The molecule has 0 bridgehead atoms. The van der Waals surface area contributed by atoms with Gasteiger partial charge in [-0.05, 0) is 30.7 Å². The molecule has 1 aromatic heterocycles. The van der Waals surface area contributed by atoms with Crippen LogP contribution in [-0.2, 0) is 20.8 Å². The summed E-state index contributed by atoms with van der Waals surface area (Å²) < 4.78 is 10.6. The second kappa shape index (κ2) is 10.0. The molecule has 1 aliphatic heterocycles. The van der Waals surface area contributed by atoms with Gasteiger partial charge in [0, 0.05) is 13.3 Å². The summed E-state index contributed by atoms with van der Waals surface area (Å²) in [6, 6.07) is 12.2. The number of furan rings is 1. The largest absolute Gasteiger partial charge is 0.484 e. The van der Waals surface area contributed by atoms with Gasteiger partial charge in [0.05, 0.1) is 12.3 Å². The van der Waals surface area contributed by atoms with E-state index in [2.05, 4.69) is 10.6 Å². The van der Waals surface area contributed by atoms with E-state index in [1.165, 1.54) is 0 Å². The zero-order chi connectivity index (χ0) is 19.6. The Hall–Kier alpha value is -3.29. The summed E-state index contributed by atoms with van der Waals surface area (Å²) >= 11 is 0. The lowest BCUT2D eigenvalue weighted by Crippen LogP contribution is -2.69. The molecule has 8 heteroatoms. The average Bonchev–Trinajstić information content (AvgIpc) is 3.15. The van der Waals surface area contributed by atoms with Crippen LogP contribution in [0.5, 0.6) is 5.75 Å². The summed E-state index contributed by atoms with van der Waals surface area (Å²) in [6.07, 6.45) is 3.05. The highest BCUT2D eigenvalue weighted by Crippen LogP contribution is 2.15. The molecule has 1 fully saturated rings. The normalized spacial score (nSPS) is 17.6. The van der Waals surface area contributed by atoms with Gasteiger partial charge in [-0.25, -0.2) is 0 Å². The molecule has 3 rings (SSSR count). The van der Waals surface area contributed by atoms with Gasteiger partial charge in [-0.1, -0.05) is 18.2 Å². The number of carboxylic acids is 1. The molecular formula is C19H22N2O6. The van der Waals surface area contributed by atoms with Crippen LogP contribution in [0.25, 0.3) is 0 Å². The first-order chi connectivity index (χ1) is 13.0. The monoisotopic (exact) mass is 374 g/mol. The number of benzene rings is 1.